The van der Waals surface area contributed by atoms with Crippen LogP contribution in [0.15, 0.2) is 85.2 Å². The maximum absolute atomic E-state index is 13.6. The molecule has 0 unspecified atom stereocenters. The van der Waals surface area contributed by atoms with Crippen LogP contribution < -0.4 is 14.8 Å². The molecule has 1 aliphatic rings. The second kappa shape index (κ2) is 15.8. The highest BCUT2D eigenvalue weighted by atomic mass is 35.5. The van der Waals surface area contributed by atoms with Crippen LogP contribution in [0.2, 0.25) is 0 Å². The monoisotopic (exact) mass is 722 g/mol. The Kier molecular flexibility index (Phi) is 11.5. The summed E-state index contributed by atoms with van der Waals surface area (Å²) in [4.78, 5) is 38.6. The molecule has 1 aliphatic heterocycles. The number of alkyl halides is 3. The largest absolute Gasteiger partial charge is 0.491 e. The summed E-state index contributed by atoms with van der Waals surface area (Å²) >= 11 is 0. The quantitative estimate of drug-likeness (QED) is 0.168. The van der Waals surface area contributed by atoms with Crippen LogP contribution in [0, 0.1) is 0 Å². The number of carbonyl (C=O) groups excluding carboxylic acids is 2. The second-order valence-electron chi connectivity index (χ2n) is 12.4. The van der Waals surface area contributed by atoms with Crippen molar-refractivity contribution in [3.63, 3.8) is 0 Å². The zero-order chi connectivity index (χ0) is 35.4. The van der Waals surface area contributed by atoms with Gasteiger partial charge in [-0.15, -0.1) is 12.4 Å². The first-order valence-electron chi connectivity index (χ1n) is 16.2. The summed E-state index contributed by atoms with van der Waals surface area (Å²) in [5, 5.41) is 3.54. The van der Waals surface area contributed by atoms with Crippen molar-refractivity contribution in [3.8, 4) is 17.5 Å². The maximum Gasteiger partial charge on any atom is 0.416 e. The Hall–Kier alpha value is -5.14. The summed E-state index contributed by atoms with van der Waals surface area (Å²) in [7, 11) is 1.85. The van der Waals surface area contributed by atoms with E-state index in [0.29, 0.717) is 30.1 Å². The van der Waals surface area contributed by atoms with Crippen molar-refractivity contribution in [1.29, 1.82) is 0 Å². The highest BCUT2D eigenvalue weighted by Gasteiger charge is 2.30. The number of nitrogens with one attached hydrogen (secondary N) is 1. The van der Waals surface area contributed by atoms with E-state index in [-0.39, 0.29) is 42.5 Å². The molecule has 0 atom stereocenters. The van der Waals surface area contributed by atoms with E-state index in [1.807, 2.05) is 60.7 Å². The van der Waals surface area contributed by atoms with Crippen LogP contribution in [0.3, 0.4) is 0 Å². The number of nitrogens with zero attached hydrogens (tertiary/aromatic N) is 5. The minimum Gasteiger partial charge on any atom is -0.491 e. The van der Waals surface area contributed by atoms with Crippen LogP contribution in [-0.4, -0.2) is 68.4 Å². The first-order valence-corrected chi connectivity index (χ1v) is 16.2. The molecule has 1 N–H and O–H groups in total. The second-order valence-corrected chi connectivity index (χ2v) is 12.4. The molecule has 10 nitrogen and oxygen atoms in total. The average molecular weight is 723 g/mol. The molecule has 2 aromatic heterocycles. The Morgan fingerprint density at radius 1 is 0.863 bits per heavy atom. The molecule has 3 heterocycles. The summed E-state index contributed by atoms with van der Waals surface area (Å²) in [5.74, 6) is 0.799. The Labute approximate surface area is 299 Å². The number of hydrogen-bond acceptors (Lipinski definition) is 7. The lowest BCUT2D eigenvalue weighted by molar-refractivity contribution is -0.137. The topological polar surface area (TPSA) is 102 Å². The van der Waals surface area contributed by atoms with Crippen LogP contribution in [0.4, 0.5) is 13.2 Å². The molecule has 5 aromatic rings. The molecule has 268 valence electrons. The van der Waals surface area contributed by atoms with Crippen LogP contribution in [0.5, 0.6) is 17.5 Å². The van der Waals surface area contributed by atoms with Gasteiger partial charge in [0.25, 0.3) is 11.8 Å². The maximum atomic E-state index is 13.6. The average Bonchev–Trinajstić information content (AvgIpc) is 3.43. The van der Waals surface area contributed by atoms with Crippen molar-refractivity contribution >= 4 is 35.1 Å². The normalized spacial score (nSPS) is 13.6. The highest BCUT2D eigenvalue weighted by molar-refractivity contribution is 5.99. The van der Waals surface area contributed by atoms with Crippen LogP contribution in [-0.2, 0) is 26.3 Å². The Morgan fingerprint density at radius 3 is 2.14 bits per heavy atom. The molecule has 3 aromatic carbocycles. The standard InChI is InChI=1S/C37H37F3N6O4.ClH/c1-24(2)49-30-11-4-25(5-12-30)23-45-14-16-46(17-15-45)35(48)33-18-28-8-13-31(19-32(28)44(33)3)50-36-42-21-26(22-43-36)20-41-34(47)27-6-9-29(10-7-27)37(38,39)40;/h4-13,18-19,21-22,24H,14-17,20,23H2,1-3H3,(H,41,47);1H. The third kappa shape index (κ3) is 9.16. The number of ether oxygens (including phenoxy) is 2. The fourth-order valence-corrected chi connectivity index (χ4v) is 5.74. The molecule has 0 aliphatic carbocycles. The molecule has 0 bridgehead atoms. The third-order valence-electron chi connectivity index (χ3n) is 8.42. The molecule has 51 heavy (non-hydrogen) atoms. The van der Waals surface area contributed by atoms with Crippen molar-refractivity contribution in [2.45, 2.75) is 39.2 Å². The third-order valence-corrected chi connectivity index (χ3v) is 8.42. The van der Waals surface area contributed by atoms with E-state index in [9.17, 15) is 22.8 Å². The molecule has 2 amide bonds. The van der Waals surface area contributed by atoms with Gasteiger partial charge < -0.3 is 24.3 Å². The number of aromatic nitrogens is 3. The number of benzene rings is 3. The molecule has 0 radical (unpaired) electrons. The molecule has 0 saturated carbocycles. The first kappa shape index (κ1) is 37.1. The number of rotatable bonds is 10. The summed E-state index contributed by atoms with van der Waals surface area (Å²) in [6, 6.07) is 19.6. The zero-order valence-electron chi connectivity index (χ0n) is 28.3. The van der Waals surface area contributed by atoms with E-state index >= 15 is 0 Å². The molecule has 1 saturated heterocycles. The fourth-order valence-electron chi connectivity index (χ4n) is 5.74. The molecular weight excluding hydrogens is 685 g/mol. The van der Waals surface area contributed by atoms with Crippen molar-refractivity contribution in [2.75, 3.05) is 26.2 Å². The number of halogens is 4. The number of carbonyl (C=O) groups is 2. The van der Waals surface area contributed by atoms with E-state index in [1.165, 1.54) is 18.0 Å². The van der Waals surface area contributed by atoms with Gasteiger partial charge >= 0.3 is 12.2 Å². The van der Waals surface area contributed by atoms with Crippen molar-refractivity contribution in [3.05, 3.63) is 113 Å². The van der Waals surface area contributed by atoms with E-state index < -0.39 is 17.6 Å². The van der Waals surface area contributed by atoms with Gasteiger partial charge in [-0.3, -0.25) is 14.5 Å². The molecule has 14 heteroatoms. The number of amides is 2. The lowest BCUT2D eigenvalue weighted by atomic mass is 10.1. The van der Waals surface area contributed by atoms with Crippen molar-refractivity contribution < 1.29 is 32.2 Å². The summed E-state index contributed by atoms with van der Waals surface area (Å²) in [6.07, 6.45) is -1.36. The predicted octanol–water partition coefficient (Wildman–Crippen LogP) is 6.88. The van der Waals surface area contributed by atoms with Crippen LogP contribution in [0.1, 0.15) is 51.4 Å². The summed E-state index contributed by atoms with van der Waals surface area (Å²) in [6.45, 7) is 7.73. The highest BCUT2D eigenvalue weighted by Crippen LogP contribution is 2.29. The van der Waals surface area contributed by atoms with Gasteiger partial charge in [0.1, 0.15) is 17.2 Å². The van der Waals surface area contributed by atoms with Gasteiger partial charge in [0.15, 0.2) is 0 Å². The van der Waals surface area contributed by atoms with E-state index in [1.54, 1.807) is 6.07 Å². The van der Waals surface area contributed by atoms with Gasteiger partial charge in [-0.2, -0.15) is 13.2 Å². The minimum absolute atomic E-state index is 0. The zero-order valence-corrected chi connectivity index (χ0v) is 29.1. The van der Waals surface area contributed by atoms with E-state index in [4.69, 9.17) is 9.47 Å². The van der Waals surface area contributed by atoms with E-state index in [2.05, 4.69) is 32.3 Å². The molecule has 1 fully saturated rings. The fraction of sp³-hybridized carbons (Fsp3) is 0.297. The lowest BCUT2D eigenvalue weighted by Gasteiger charge is -2.34. The van der Waals surface area contributed by atoms with Gasteiger partial charge in [-0.1, -0.05) is 12.1 Å². The summed E-state index contributed by atoms with van der Waals surface area (Å²) < 4.78 is 51.8. The number of hydrogen-bond donors (Lipinski definition) is 1. The molecule has 6 rings (SSSR count). The van der Waals surface area contributed by atoms with Crippen molar-refractivity contribution in [1.82, 2.24) is 29.7 Å². The van der Waals surface area contributed by atoms with Gasteiger partial charge in [0, 0.05) is 81.3 Å². The molecule has 0 spiro atoms. The number of aryl methyl sites for hydroxylation is 1. The Balaban J connectivity index is 0.00000504. The Morgan fingerprint density at radius 2 is 1.51 bits per heavy atom. The number of piperazine rings is 1. The van der Waals surface area contributed by atoms with Crippen LogP contribution >= 0.6 is 12.4 Å². The smallest absolute Gasteiger partial charge is 0.416 e. The van der Waals surface area contributed by atoms with Crippen molar-refractivity contribution in [2.24, 2.45) is 7.05 Å². The summed E-state index contributed by atoms with van der Waals surface area (Å²) in [5.41, 5.74) is 2.47. The van der Waals surface area contributed by atoms with E-state index in [0.717, 1.165) is 60.6 Å². The van der Waals surface area contributed by atoms with Gasteiger partial charge in [-0.25, -0.2) is 9.97 Å². The SMILES string of the molecule is CC(C)Oc1ccc(CN2CCN(C(=O)c3cc4ccc(Oc5ncc(CNC(=O)c6ccc(C(F)(F)F)cc6)cn5)cc4n3C)CC2)cc1.Cl. The Bertz CT molecular complexity index is 1960. The minimum atomic E-state index is -4.47. The number of fused-ring (bicyclic) bond motifs is 1. The van der Waals surface area contributed by atoms with Crippen LogP contribution in [0.25, 0.3) is 10.9 Å². The van der Waals surface area contributed by atoms with Gasteiger partial charge in [-0.05, 0) is 74.0 Å². The van der Waals surface area contributed by atoms with Gasteiger partial charge in [0.05, 0.1) is 17.2 Å². The first-order chi connectivity index (χ1) is 23.9. The lowest BCUT2D eigenvalue weighted by Crippen LogP contribution is -2.48. The molecular formula is C37H38ClF3N6O4. The predicted molar refractivity (Wildman–Crippen MR) is 188 cm³/mol. The van der Waals surface area contributed by atoms with Gasteiger partial charge in [0.2, 0.25) is 0 Å².